The van der Waals surface area contributed by atoms with Crippen LogP contribution in [0.2, 0.25) is 0 Å². The molecule has 8 nitrogen and oxygen atoms in total. The van der Waals surface area contributed by atoms with Crippen molar-refractivity contribution in [2.75, 3.05) is 6.67 Å². The molecule has 0 bridgehead atoms. The Hall–Kier alpha value is -4.73. The van der Waals surface area contributed by atoms with Crippen LogP contribution >= 0.6 is 0 Å². The Morgan fingerprint density at radius 2 is 0.955 bits per heavy atom. The number of hydrogen-bond donors (Lipinski definition) is 2. The van der Waals surface area contributed by atoms with Crippen molar-refractivity contribution in [3.63, 3.8) is 0 Å². The second kappa shape index (κ2) is 19.5. The number of phenolic OH excluding ortho intramolecular Hbond substituents is 2. The second-order valence-electron chi connectivity index (χ2n) is 9.33. The molecule has 4 aromatic rings. The Morgan fingerprint density at radius 3 is 1.25 bits per heavy atom. The standard InChI is InChI=1S/C31H30N2O2.2C2H4O2.Co/c1-3-22-15-26(24-11-7-5-8-12-24)17-28(30(22)34)19-32-21-33-20-29-18-27(16-23(4-2)31(29)35)25-13-9-6-10-14-25;2*1-2(3)4;/h5-20,34-35H,3-4,21H2,1-2H3;2*1H3,(H,3,4);/q;;;+2/p-2. The van der Waals surface area contributed by atoms with Crippen LogP contribution in [-0.4, -0.2) is 41.2 Å². The second-order valence-corrected chi connectivity index (χ2v) is 9.33. The fourth-order valence-corrected chi connectivity index (χ4v) is 4.09. The summed E-state index contributed by atoms with van der Waals surface area (Å²) < 4.78 is 0. The summed E-state index contributed by atoms with van der Waals surface area (Å²) in [5, 5.41) is 39.1. The van der Waals surface area contributed by atoms with Gasteiger partial charge in [-0.2, -0.15) is 0 Å². The molecule has 0 unspecified atom stereocenters. The molecular weight excluding hydrogens is 603 g/mol. The van der Waals surface area contributed by atoms with Gasteiger partial charge in [-0.3, -0.25) is 9.98 Å². The van der Waals surface area contributed by atoms with Gasteiger partial charge in [0.15, 0.2) is 0 Å². The van der Waals surface area contributed by atoms with Crippen molar-refractivity contribution >= 4 is 24.4 Å². The maximum atomic E-state index is 10.7. The number of carboxylic acid groups (broad SMARTS) is 2. The summed E-state index contributed by atoms with van der Waals surface area (Å²) in [5.41, 5.74) is 7.36. The third-order valence-electron chi connectivity index (χ3n) is 6.04. The molecule has 4 aromatic carbocycles. The van der Waals surface area contributed by atoms with E-state index in [0.29, 0.717) is 11.1 Å². The smallest absolute Gasteiger partial charge is 0.550 e. The fraction of sp³-hybridized carbons (Fsp3) is 0.200. The van der Waals surface area contributed by atoms with Crippen molar-refractivity contribution in [3.8, 4) is 33.8 Å². The summed E-state index contributed by atoms with van der Waals surface area (Å²) in [6.07, 6.45) is 4.77. The molecule has 0 saturated heterocycles. The number of aryl methyl sites for hydroxylation is 2. The Morgan fingerprint density at radius 1 is 0.636 bits per heavy atom. The van der Waals surface area contributed by atoms with Crippen LogP contribution in [0.5, 0.6) is 11.5 Å². The Bertz CT molecular complexity index is 1430. The van der Waals surface area contributed by atoms with E-state index in [0.717, 1.165) is 60.1 Å². The average molecular weight is 640 g/mol. The fourth-order valence-electron chi connectivity index (χ4n) is 4.09. The van der Waals surface area contributed by atoms with Gasteiger partial charge in [0.1, 0.15) is 18.2 Å². The van der Waals surface area contributed by atoms with E-state index in [1.807, 2.05) is 74.5 Å². The zero-order chi connectivity index (χ0) is 31.8. The molecule has 0 aromatic heterocycles. The van der Waals surface area contributed by atoms with E-state index in [4.69, 9.17) is 19.8 Å². The van der Waals surface area contributed by atoms with Crippen LogP contribution in [-0.2, 0) is 39.2 Å². The molecule has 0 saturated carbocycles. The van der Waals surface area contributed by atoms with Gasteiger partial charge in [0.25, 0.3) is 0 Å². The molecule has 1 radical (unpaired) electrons. The predicted molar refractivity (Wildman–Crippen MR) is 167 cm³/mol. The minimum Gasteiger partial charge on any atom is -0.550 e. The van der Waals surface area contributed by atoms with E-state index in [-0.39, 0.29) is 34.9 Å². The number of aromatic hydroxyl groups is 2. The molecule has 2 N–H and O–H groups in total. The van der Waals surface area contributed by atoms with Crippen molar-refractivity contribution in [2.24, 2.45) is 9.98 Å². The van der Waals surface area contributed by atoms with Crippen LogP contribution in [0.1, 0.15) is 49.9 Å². The van der Waals surface area contributed by atoms with E-state index in [1.54, 1.807) is 12.4 Å². The largest absolute Gasteiger partial charge is 2.00 e. The molecule has 0 fully saturated rings. The van der Waals surface area contributed by atoms with Crippen LogP contribution in [0, 0.1) is 0 Å². The zero-order valence-electron chi connectivity index (χ0n) is 25.1. The monoisotopic (exact) mass is 639 g/mol. The van der Waals surface area contributed by atoms with E-state index >= 15 is 0 Å². The number of benzene rings is 4. The van der Waals surface area contributed by atoms with Gasteiger partial charge in [-0.15, -0.1) is 0 Å². The van der Waals surface area contributed by atoms with Gasteiger partial charge < -0.3 is 30.0 Å². The van der Waals surface area contributed by atoms with Crippen molar-refractivity contribution in [2.45, 2.75) is 40.5 Å². The summed E-state index contributed by atoms with van der Waals surface area (Å²) in [7, 11) is 0. The first-order valence-corrected chi connectivity index (χ1v) is 13.7. The summed E-state index contributed by atoms with van der Waals surface area (Å²) in [5.74, 6) is -1.67. The van der Waals surface area contributed by atoms with Crippen molar-refractivity contribution in [1.82, 2.24) is 0 Å². The average Bonchev–Trinajstić information content (AvgIpc) is 2.99. The molecule has 231 valence electrons. The van der Waals surface area contributed by atoms with Gasteiger partial charge in [-0.25, -0.2) is 0 Å². The van der Waals surface area contributed by atoms with E-state index in [9.17, 15) is 10.2 Å². The van der Waals surface area contributed by atoms with Crippen LogP contribution in [0.25, 0.3) is 22.3 Å². The third-order valence-corrected chi connectivity index (χ3v) is 6.04. The summed E-state index contributed by atoms with van der Waals surface area (Å²) in [6.45, 7) is 6.18. The molecule has 0 amide bonds. The number of carbonyl (C=O) groups excluding carboxylic acids is 2. The molecule has 9 heteroatoms. The van der Waals surface area contributed by atoms with Gasteiger partial charge in [-0.05, 0) is 84.3 Å². The molecule has 0 aliphatic heterocycles. The Kier molecular flexibility index (Phi) is 16.5. The molecule has 0 heterocycles. The quantitative estimate of drug-likeness (QED) is 0.271. The van der Waals surface area contributed by atoms with Crippen molar-refractivity contribution in [3.05, 3.63) is 107 Å². The van der Waals surface area contributed by atoms with E-state index in [1.165, 1.54) is 0 Å². The first-order valence-electron chi connectivity index (χ1n) is 13.7. The Labute approximate surface area is 268 Å². The molecule has 44 heavy (non-hydrogen) atoms. The maximum Gasteiger partial charge on any atom is 2.00 e. The van der Waals surface area contributed by atoms with Gasteiger partial charge in [0, 0.05) is 35.5 Å². The van der Waals surface area contributed by atoms with Crippen molar-refractivity contribution in [1.29, 1.82) is 0 Å². The zero-order valence-corrected chi connectivity index (χ0v) is 26.2. The minimum absolute atomic E-state index is 0. The predicted octanol–water partition coefficient (Wildman–Crippen LogP) is 4.56. The molecule has 0 aliphatic rings. The number of carboxylic acids is 2. The minimum atomic E-state index is -1.08. The van der Waals surface area contributed by atoms with Crippen LogP contribution in [0.15, 0.2) is 94.9 Å². The van der Waals surface area contributed by atoms with Gasteiger partial charge >= 0.3 is 16.8 Å². The molecule has 4 rings (SSSR count). The number of nitrogens with zero attached hydrogens (tertiary/aromatic N) is 2. The van der Waals surface area contributed by atoms with Crippen LogP contribution in [0.4, 0.5) is 0 Å². The molecule has 0 spiro atoms. The molecular formula is C35H36CoN2O6. The normalized spacial score (nSPS) is 10.3. The number of hydrogen-bond acceptors (Lipinski definition) is 8. The molecule has 0 aliphatic carbocycles. The third kappa shape index (κ3) is 12.2. The number of phenols is 2. The summed E-state index contributed by atoms with van der Waals surface area (Å²) in [6, 6.07) is 28.1. The summed E-state index contributed by atoms with van der Waals surface area (Å²) in [4.78, 5) is 26.6. The number of rotatable bonds is 8. The van der Waals surface area contributed by atoms with Gasteiger partial charge in [-0.1, -0.05) is 74.5 Å². The van der Waals surface area contributed by atoms with E-state index in [2.05, 4.69) is 34.3 Å². The maximum absolute atomic E-state index is 10.7. The SMILES string of the molecule is CC(=O)[O-].CC(=O)[O-].CCc1cc(-c2ccccc2)cc(C=NCN=Cc2cc(-c3ccccc3)cc(CC)c2O)c1O.[Co+2]. The number of aliphatic imine (C=N–C) groups is 2. The first kappa shape index (κ1) is 37.3. The topological polar surface area (TPSA) is 145 Å². The Balaban J connectivity index is 0.000000962. The van der Waals surface area contributed by atoms with Crippen LogP contribution < -0.4 is 10.2 Å². The first-order chi connectivity index (χ1) is 20.6. The van der Waals surface area contributed by atoms with Crippen molar-refractivity contribution < 1.29 is 46.8 Å². The molecule has 0 atom stereocenters. The van der Waals surface area contributed by atoms with Gasteiger partial charge in [0.2, 0.25) is 0 Å². The van der Waals surface area contributed by atoms with Crippen LogP contribution in [0.3, 0.4) is 0 Å². The summed E-state index contributed by atoms with van der Waals surface area (Å²) >= 11 is 0. The van der Waals surface area contributed by atoms with Gasteiger partial charge in [0.05, 0.1) is 0 Å². The van der Waals surface area contributed by atoms with E-state index < -0.39 is 11.9 Å². The number of aliphatic carboxylic acids is 2. The number of carbonyl (C=O) groups is 2.